The summed E-state index contributed by atoms with van der Waals surface area (Å²) in [6.45, 7) is 8.63. The molecule has 0 amide bonds. The summed E-state index contributed by atoms with van der Waals surface area (Å²) in [7, 11) is 0.0239. The van der Waals surface area contributed by atoms with Crippen LogP contribution in [0.15, 0.2) is 61.2 Å². The van der Waals surface area contributed by atoms with Crippen LogP contribution in [-0.4, -0.2) is 15.4 Å². The molecule has 0 aliphatic rings. The molecule has 98 valence electrons. The molecular weight excluding hydrogens is 248 g/mol. The van der Waals surface area contributed by atoms with Gasteiger partial charge in [0.1, 0.15) is 0 Å². The number of rotatable bonds is 4. The molecule has 19 heavy (non-hydrogen) atoms. The van der Waals surface area contributed by atoms with Crippen molar-refractivity contribution < 1.29 is 4.43 Å². The zero-order chi connectivity index (χ0) is 13.9. The van der Waals surface area contributed by atoms with Gasteiger partial charge in [0.05, 0.1) is 0 Å². The highest BCUT2D eigenvalue weighted by Gasteiger charge is 2.23. The van der Waals surface area contributed by atoms with E-state index in [2.05, 4.69) is 56.1 Å². The summed E-state index contributed by atoms with van der Waals surface area (Å²) in [5.41, 5.74) is 3.39. The van der Waals surface area contributed by atoms with E-state index in [1.807, 2.05) is 18.2 Å². The Morgan fingerprint density at radius 2 is 1.58 bits per heavy atom. The van der Waals surface area contributed by atoms with Crippen molar-refractivity contribution in [3.8, 4) is 0 Å². The largest absolute Gasteiger partial charge is 0.416 e. The van der Waals surface area contributed by atoms with Gasteiger partial charge < -0.3 is 4.43 Å². The van der Waals surface area contributed by atoms with Crippen LogP contribution in [0.5, 0.6) is 0 Å². The van der Waals surface area contributed by atoms with Gasteiger partial charge in [0.15, 0.2) is 0 Å². The lowest BCUT2D eigenvalue weighted by Gasteiger charge is -2.21. The van der Waals surface area contributed by atoms with E-state index in [1.54, 1.807) is 7.11 Å². The van der Waals surface area contributed by atoms with Gasteiger partial charge in [-0.15, -0.1) is 0 Å². The standard InChI is InChI=1S/C17H20OSi/c1-14(15-9-6-5-7-10-15)16-11-8-12-17(13-16)19(3,4)18-2/h5-13H,1H2,2-4H3. The summed E-state index contributed by atoms with van der Waals surface area (Å²) in [5, 5.41) is 1.30. The fourth-order valence-corrected chi connectivity index (χ4v) is 3.24. The molecule has 2 aromatic carbocycles. The Hall–Kier alpha value is -1.64. The minimum Gasteiger partial charge on any atom is -0.416 e. The maximum atomic E-state index is 5.67. The van der Waals surface area contributed by atoms with Crippen molar-refractivity contribution in [1.29, 1.82) is 0 Å². The normalized spacial score (nSPS) is 11.3. The zero-order valence-corrected chi connectivity index (χ0v) is 12.8. The van der Waals surface area contributed by atoms with E-state index in [0.29, 0.717) is 0 Å². The van der Waals surface area contributed by atoms with E-state index in [4.69, 9.17) is 4.43 Å². The van der Waals surface area contributed by atoms with Crippen molar-refractivity contribution in [3.63, 3.8) is 0 Å². The number of hydrogen-bond donors (Lipinski definition) is 0. The molecule has 0 aliphatic heterocycles. The topological polar surface area (TPSA) is 9.23 Å². The van der Waals surface area contributed by atoms with Crippen LogP contribution in [0.25, 0.3) is 5.57 Å². The Morgan fingerprint density at radius 1 is 0.947 bits per heavy atom. The molecule has 2 heteroatoms. The summed E-state index contributed by atoms with van der Waals surface area (Å²) in [6, 6.07) is 18.8. The van der Waals surface area contributed by atoms with Crippen LogP contribution in [0, 0.1) is 0 Å². The van der Waals surface area contributed by atoms with Crippen molar-refractivity contribution >= 4 is 19.1 Å². The lowest BCUT2D eigenvalue weighted by Crippen LogP contribution is -2.43. The highest BCUT2D eigenvalue weighted by atomic mass is 28.4. The first-order valence-corrected chi connectivity index (χ1v) is 9.36. The zero-order valence-electron chi connectivity index (χ0n) is 11.8. The van der Waals surface area contributed by atoms with Crippen molar-refractivity contribution in [1.82, 2.24) is 0 Å². The Morgan fingerprint density at radius 3 is 2.21 bits per heavy atom. The third-order valence-corrected chi connectivity index (χ3v) is 6.26. The monoisotopic (exact) mass is 268 g/mol. The quantitative estimate of drug-likeness (QED) is 0.766. The Bertz CT molecular complexity index is 573. The third-order valence-electron chi connectivity index (χ3n) is 3.54. The predicted molar refractivity (Wildman–Crippen MR) is 85.1 cm³/mol. The maximum absolute atomic E-state index is 5.67. The van der Waals surface area contributed by atoms with Gasteiger partial charge in [-0.3, -0.25) is 0 Å². The Balaban J connectivity index is 2.37. The maximum Gasteiger partial charge on any atom is 0.217 e. The Labute approximate surface area is 116 Å². The van der Waals surface area contributed by atoms with Crippen molar-refractivity contribution in [2.24, 2.45) is 0 Å². The fourth-order valence-electron chi connectivity index (χ4n) is 2.01. The molecule has 0 unspecified atom stereocenters. The molecule has 0 aliphatic carbocycles. The fraction of sp³-hybridized carbons (Fsp3) is 0.176. The average molecular weight is 268 g/mol. The number of benzene rings is 2. The van der Waals surface area contributed by atoms with Crippen LogP contribution in [0.4, 0.5) is 0 Å². The van der Waals surface area contributed by atoms with Crippen LogP contribution in [0.2, 0.25) is 13.1 Å². The van der Waals surface area contributed by atoms with E-state index in [1.165, 1.54) is 10.8 Å². The second kappa shape index (κ2) is 5.55. The van der Waals surface area contributed by atoms with Gasteiger partial charge in [0, 0.05) is 7.11 Å². The summed E-state index contributed by atoms with van der Waals surface area (Å²) >= 11 is 0. The highest BCUT2D eigenvalue weighted by Crippen LogP contribution is 2.21. The molecule has 0 spiro atoms. The third kappa shape index (κ3) is 3.03. The van der Waals surface area contributed by atoms with Crippen LogP contribution in [0.3, 0.4) is 0 Å². The van der Waals surface area contributed by atoms with Crippen LogP contribution in [-0.2, 0) is 4.43 Å². The molecule has 0 saturated heterocycles. The molecule has 2 aromatic rings. The van der Waals surface area contributed by atoms with Gasteiger partial charge in [-0.2, -0.15) is 0 Å². The smallest absolute Gasteiger partial charge is 0.217 e. The van der Waals surface area contributed by atoms with E-state index < -0.39 is 8.32 Å². The molecule has 0 atom stereocenters. The first-order valence-electron chi connectivity index (χ1n) is 6.45. The Kier molecular flexibility index (Phi) is 4.03. The highest BCUT2D eigenvalue weighted by molar-refractivity contribution is 6.84. The minimum absolute atomic E-state index is 1.06. The lowest BCUT2D eigenvalue weighted by atomic mass is 10.00. The lowest BCUT2D eigenvalue weighted by molar-refractivity contribution is 0.416. The molecule has 0 saturated carbocycles. The first-order chi connectivity index (χ1) is 9.04. The molecular formula is C17H20OSi. The second-order valence-corrected chi connectivity index (χ2v) is 9.15. The molecule has 2 rings (SSSR count). The van der Waals surface area contributed by atoms with Crippen molar-refractivity contribution in [3.05, 3.63) is 72.3 Å². The van der Waals surface area contributed by atoms with Crippen LogP contribution in [0.1, 0.15) is 11.1 Å². The minimum atomic E-state index is -1.77. The SMILES string of the molecule is C=C(c1ccccc1)c1cccc([Si](C)(C)OC)c1. The molecule has 0 aromatic heterocycles. The second-order valence-electron chi connectivity index (χ2n) is 5.14. The predicted octanol–water partition coefficient (Wildman–Crippen LogP) is 3.81. The number of hydrogen-bond acceptors (Lipinski definition) is 1. The van der Waals surface area contributed by atoms with Crippen LogP contribution >= 0.6 is 0 Å². The molecule has 0 heterocycles. The summed E-state index contributed by atoms with van der Waals surface area (Å²) in [6.07, 6.45) is 0. The van der Waals surface area contributed by atoms with E-state index in [9.17, 15) is 0 Å². The first kappa shape index (κ1) is 13.8. The van der Waals surface area contributed by atoms with Crippen molar-refractivity contribution in [2.75, 3.05) is 7.11 Å². The summed E-state index contributed by atoms with van der Waals surface area (Å²) in [5.74, 6) is 0. The molecule has 0 bridgehead atoms. The summed E-state index contributed by atoms with van der Waals surface area (Å²) < 4.78 is 5.67. The van der Waals surface area contributed by atoms with Crippen molar-refractivity contribution in [2.45, 2.75) is 13.1 Å². The van der Waals surface area contributed by atoms with Gasteiger partial charge in [0.2, 0.25) is 8.32 Å². The van der Waals surface area contributed by atoms with E-state index >= 15 is 0 Å². The van der Waals surface area contributed by atoms with Gasteiger partial charge in [-0.25, -0.2) is 0 Å². The van der Waals surface area contributed by atoms with Gasteiger partial charge >= 0.3 is 0 Å². The average Bonchev–Trinajstić information content (AvgIpc) is 2.47. The molecule has 0 radical (unpaired) electrons. The molecule has 0 N–H and O–H groups in total. The van der Waals surface area contributed by atoms with E-state index in [-0.39, 0.29) is 0 Å². The van der Waals surface area contributed by atoms with Gasteiger partial charge in [-0.1, -0.05) is 61.2 Å². The molecule has 1 nitrogen and oxygen atoms in total. The van der Waals surface area contributed by atoms with E-state index in [0.717, 1.165) is 11.1 Å². The van der Waals surface area contributed by atoms with Crippen LogP contribution < -0.4 is 5.19 Å². The van der Waals surface area contributed by atoms with Gasteiger partial charge in [-0.05, 0) is 35.0 Å². The van der Waals surface area contributed by atoms with Gasteiger partial charge in [0.25, 0.3) is 0 Å². The molecule has 0 fully saturated rings. The summed E-state index contributed by atoms with van der Waals surface area (Å²) in [4.78, 5) is 0.